The van der Waals surface area contributed by atoms with Crippen molar-refractivity contribution in [2.75, 3.05) is 6.54 Å². The van der Waals surface area contributed by atoms with E-state index in [0.717, 1.165) is 12.8 Å². The molecule has 0 saturated heterocycles. The first-order valence-electron chi connectivity index (χ1n) is 6.68. The van der Waals surface area contributed by atoms with Gasteiger partial charge in [0.2, 0.25) is 10.0 Å². The first-order valence-corrected chi connectivity index (χ1v) is 8.17. The summed E-state index contributed by atoms with van der Waals surface area (Å²) in [5.74, 6) is 0.444. The van der Waals surface area contributed by atoms with E-state index < -0.39 is 15.6 Å². The molecule has 106 valence electrons. The molecule has 1 aromatic carbocycles. The molecule has 0 bridgehead atoms. The normalized spacial score (nSPS) is 28.2. The molecule has 19 heavy (non-hydrogen) atoms. The Labute approximate surface area is 114 Å². The number of benzene rings is 1. The Hall–Kier alpha value is -0.910. The number of rotatable bonds is 4. The average Bonchev–Trinajstić information content (AvgIpc) is 2.38. The SMILES string of the molecule is CC1CCCC(O)(CNS(=O)(=O)c2ccccc2)C1. The second-order valence-electron chi connectivity index (χ2n) is 5.56. The third-order valence-corrected chi connectivity index (χ3v) is 5.13. The minimum Gasteiger partial charge on any atom is -0.389 e. The highest BCUT2D eigenvalue weighted by Gasteiger charge is 2.33. The van der Waals surface area contributed by atoms with E-state index in [9.17, 15) is 13.5 Å². The summed E-state index contributed by atoms with van der Waals surface area (Å²) in [7, 11) is -3.53. The van der Waals surface area contributed by atoms with Crippen molar-refractivity contribution >= 4 is 10.0 Å². The van der Waals surface area contributed by atoms with Gasteiger partial charge in [0.15, 0.2) is 0 Å². The van der Waals surface area contributed by atoms with Crippen molar-refractivity contribution in [2.24, 2.45) is 5.92 Å². The van der Waals surface area contributed by atoms with Gasteiger partial charge in [-0.25, -0.2) is 13.1 Å². The van der Waals surface area contributed by atoms with Crippen molar-refractivity contribution in [1.29, 1.82) is 0 Å². The zero-order valence-corrected chi connectivity index (χ0v) is 12.0. The van der Waals surface area contributed by atoms with E-state index in [-0.39, 0.29) is 11.4 Å². The molecule has 1 aromatic rings. The molecule has 0 heterocycles. The molecule has 0 radical (unpaired) electrons. The second kappa shape index (κ2) is 5.61. The molecule has 0 amide bonds. The lowest BCUT2D eigenvalue weighted by Crippen LogP contribution is -2.45. The maximum atomic E-state index is 12.1. The van der Waals surface area contributed by atoms with Crippen LogP contribution in [0, 0.1) is 5.92 Å². The topological polar surface area (TPSA) is 66.4 Å². The van der Waals surface area contributed by atoms with Gasteiger partial charge in [0.25, 0.3) is 0 Å². The van der Waals surface area contributed by atoms with E-state index in [1.54, 1.807) is 30.3 Å². The maximum Gasteiger partial charge on any atom is 0.240 e. The zero-order valence-electron chi connectivity index (χ0n) is 11.2. The smallest absolute Gasteiger partial charge is 0.240 e. The molecule has 1 saturated carbocycles. The molecular weight excluding hydrogens is 262 g/mol. The van der Waals surface area contributed by atoms with Crippen LogP contribution in [-0.2, 0) is 10.0 Å². The van der Waals surface area contributed by atoms with Crippen LogP contribution in [0.2, 0.25) is 0 Å². The van der Waals surface area contributed by atoms with Crippen LogP contribution in [0.3, 0.4) is 0 Å². The first-order chi connectivity index (χ1) is 8.91. The summed E-state index contributed by atoms with van der Waals surface area (Å²) >= 11 is 0. The fraction of sp³-hybridized carbons (Fsp3) is 0.571. The summed E-state index contributed by atoms with van der Waals surface area (Å²) < 4.78 is 26.7. The summed E-state index contributed by atoms with van der Waals surface area (Å²) in [5.41, 5.74) is -0.903. The molecule has 0 spiro atoms. The summed E-state index contributed by atoms with van der Waals surface area (Å²) in [5, 5.41) is 10.4. The van der Waals surface area contributed by atoms with E-state index in [1.165, 1.54) is 0 Å². The van der Waals surface area contributed by atoms with Gasteiger partial charge in [0, 0.05) is 6.54 Å². The Bertz CT molecular complexity index is 515. The van der Waals surface area contributed by atoms with Gasteiger partial charge in [-0.05, 0) is 30.9 Å². The van der Waals surface area contributed by atoms with Crippen molar-refractivity contribution in [2.45, 2.75) is 43.1 Å². The highest BCUT2D eigenvalue weighted by Crippen LogP contribution is 2.31. The average molecular weight is 283 g/mol. The van der Waals surface area contributed by atoms with Crippen LogP contribution in [0.25, 0.3) is 0 Å². The molecule has 1 fully saturated rings. The molecule has 1 aliphatic carbocycles. The molecule has 0 aliphatic heterocycles. The molecular formula is C14H21NO3S. The Kier molecular flexibility index (Phi) is 4.28. The minimum absolute atomic E-state index is 0.0918. The van der Waals surface area contributed by atoms with Crippen molar-refractivity contribution in [3.05, 3.63) is 30.3 Å². The molecule has 1 aliphatic rings. The van der Waals surface area contributed by atoms with E-state index in [4.69, 9.17) is 0 Å². The summed E-state index contributed by atoms with van der Waals surface area (Å²) in [6.07, 6.45) is 3.37. The van der Waals surface area contributed by atoms with Gasteiger partial charge < -0.3 is 5.11 Å². The van der Waals surface area contributed by atoms with Gasteiger partial charge in [-0.1, -0.05) is 38.0 Å². The van der Waals surface area contributed by atoms with E-state index in [1.807, 2.05) is 0 Å². The monoisotopic (exact) mass is 283 g/mol. The van der Waals surface area contributed by atoms with Crippen molar-refractivity contribution in [1.82, 2.24) is 4.72 Å². The number of aliphatic hydroxyl groups is 1. The minimum atomic E-state index is -3.53. The van der Waals surface area contributed by atoms with Crippen LogP contribution in [0.15, 0.2) is 35.2 Å². The van der Waals surface area contributed by atoms with Gasteiger partial charge in [-0.2, -0.15) is 0 Å². The van der Waals surface area contributed by atoms with Gasteiger partial charge >= 0.3 is 0 Å². The number of nitrogens with one attached hydrogen (secondary N) is 1. The van der Waals surface area contributed by atoms with Crippen LogP contribution < -0.4 is 4.72 Å². The largest absolute Gasteiger partial charge is 0.389 e. The molecule has 5 heteroatoms. The van der Waals surface area contributed by atoms with Crippen LogP contribution in [0.5, 0.6) is 0 Å². The molecule has 2 N–H and O–H groups in total. The number of hydrogen-bond acceptors (Lipinski definition) is 3. The van der Waals surface area contributed by atoms with Crippen molar-refractivity contribution in [3.63, 3.8) is 0 Å². The second-order valence-corrected chi connectivity index (χ2v) is 7.33. The Morgan fingerprint density at radius 3 is 2.68 bits per heavy atom. The van der Waals surface area contributed by atoms with Gasteiger partial charge in [0.1, 0.15) is 0 Å². The van der Waals surface area contributed by atoms with Gasteiger partial charge in [-0.3, -0.25) is 0 Å². The van der Waals surface area contributed by atoms with E-state index in [2.05, 4.69) is 11.6 Å². The van der Waals surface area contributed by atoms with Crippen LogP contribution in [0.1, 0.15) is 32.6 Å². The fourth-order valence-corrected chi connectivity index (χ4v) is 3.85. The molecule has 0 aromatic heterocycles. The van der Waals surface area contributed by atoms with Gasteiger partial charge in [-0.15, -0.1) is 0 Å². The Balaban J connectivity index is 2.02. The maximum absolute atomic E-state index is 12.1. The standard InChI is InChI=1S/C14H21NO3S/c1-12-6-5-9-14(16,10-12)11-15-19(17,18)13-7-3-2-4-8-13/h2-4,7-8,12,15-16H,5-6,9-11H2,1H3. The van der Waals surface area contributed by atoms with Gasteiger partial charge in [0.05, 0.1) is 10.5 Å². The van der Waals surface area contributed by atoms with Crippen molar-refractivity contribution < 1.29 is 13.5 Å². The lowest BCUT2D eigenvalue weighted by Gasteiger charge is -2.35. The molecule has 2 atom stereocenters. The summed E-state index contributed by atoms with van der Waals surface area (Å²) in [4.78, 5) is 0.238. The molecule has 2 rings (SSSR count). The lowest BCUT2D eigenvalue weighted by molar-refractivity contribution is -0.00751. The molecule has 4 nitrogen and oxygen atoms in total. The summed E-state index contributed by atoms with van der Waals surface area (Å²) in [6, 6.07) is 8.25. The summed E-state index contributed by atoms with van der Waals surface area (Å²) in [6.45, 7) is 2.18. The van der Waals surface area contributed by atoms with E-state index in [0.29, 0.717) is 18.8 Å². The van der Waals surface area contributed by atoms with Crippen molar-refractivity contribution in [3.8, 4) is 0 Å². The number of hydrogen-bond donors (Lipinski definition) is 2. The number of sulfonamides is 1. The zero-order chi connectivity index (χ0) is 13.9. The lowest BCUT2D eigenvalue weighted by atomic mass is 9.79. The predicted molar refractivity (Wildman–Crippen MR) is 74.2 cm³/mol. The Morgan fingerprint density at radius 1 is 1.37 bits per heavy atom. The Morgan fingerprint density at radius 2 is 2.05 bits per heavy atom. The van der Waals surface area contributed by atoms with Crippen LogP contribution in [-0.4, -0.2) is 25.7 Å². The van der Waals surface area contributed by atoms with E-state index >= 15 is 0 Å². The quantitative estimate of drug-likeness (QED) is 0.887. The van der Waals surface area contributed by atoms with Crippen LogP contribution in [0.4, 0.5) is 0 Å². The predicted octanol–water partition coefficient (Wildman–Crippen LogP) is 1.91. The first kappa shape index (κ1) is 14.5. The van der Waals surface area contributed by atoms with Crippen LogP contribution >= 0.6 is 0 Å². The molecule has 2 unspecified atom stereocenters. The third kappa shape index (κ3) is 3.78. The highest BCUT2D eigenvalue weighted by atomic mass is 32.2. The highest BCUT2D eigenvalue weighted by molar-refractivity contribution is 7.89. The fourth-order valence-electron chi connectivity index (χ4n) is 2.71. The third-order valence-electron chi connectivity index (χ3n) is 3.71.